The van der Waals surface area contributed by atoms with Gasteiger partial charge in [0, 0.05) is 19.3 Å². The highest BCUT2D eigenvalue weighted by molar-refractivity contribution is 7.99. The molecule has 5 nitrogen and oxygen atoms in total. The molecule has 1 aliphatic heterocycles. The number of pyridine rings is 1. The maximum Gasteiger partial charge on any atom is 0.191 e. The number of rotatable bonds is 4. The summed E-state index contributed by atoms with van der Waals surface area (Å²) in [5, 5.41) is 1.04. The SMILES string of the molecule is CCSc1cc(CN=C(N)N2CCOC(C)C2)ccn1. The number of nitrogens with two attached hydrogens (primary N) is 1. The Bertz CT molecular complexity index is 466. The second kappa shape index (κ2) is 7.50. The first-order valence-electron chi connectivity index (χ1n) is 6.93. The lowest BCUT2D eigenvalue weighted by molar-refractivity contribution is 0.00529. The molecule has 1 fully saturated rings. The van der Waals surface area contributed by atoms with Gasteiger partial charge in [-0.2, -0.15) is 0 Å². The summed E-state index contributed by atoms with van der Waals surface area (Å²) in [6.45, 7) is 7.10. The zero-order chi connectivity index (χ0) is 14.4. The average Bonchev–Trinajstić information content (AvgIpc) is 2.45. The molecule has 1 unspecified atom stereocenters. The van der Waals surface area contributed by atoms with Crippen molar-refractivity contribution in [2.24, 2.45) is 10.7 Å². The number of ether oxygens (including phenoxy) is 1. The predicted octanol–water partition coefficient (Wildman–Crippen LogP) is 1.73. The minimum absolute atomic E-state index is 0.214. The van der Waals surface area contributed by atoms with Gasteiger partial charge in [-0.05, 0) is 30.4 Å². The Balaban J connectivity index is 1.95. The summed E-state index contributed by atoms with van der Waals surface area (Å²) in [5.74, 6) is 1.62. The van der Waals surface area contributed by atoms with Crippen LogP contribution in [0.15, 0.2) is 28.3 Å². The van der Waals surface area contributed by atoms with E-state index in [0.717, 1.165) is 29.4 Å². The van der Waals surface area contributed by atoms with Gasteiger partial charge in [0.15, 0.2) is 5.96 Å². The quantitative estimate of drug-likeness (QED) is 0.520. The van der Waals surface area contributed by atoms with Gasteiger partial charge in [0.1, 0.15) is 0 Å². The van der Waals surface area contributed by atoms with Crippen LogP contribution in [0.25, 0.3) is 0 Å². The van der Waals surface area contributed by atoms with Crippen LogP contribution in [0.5, 0.6) is 0 Å². The minimum atomic E-state index is 0.214. The summed E-state index contributed by atoms with van der Waals surface area (Å²) in [6, 6.07) is 4.06. The zero-order valence-electron chi connectivity index (χ0n) is 12.1. The lowest BCUT2D eigenvalue weighted by Gasteiger charge is -2.31. The fraction of sp³-hybridized carbons (Fsp3) is 0.571. The summed E-state index contributed by atoms with van der Waals surface area (Å²) >= 11 is 1.73. The van der Waals surface area contributed by atoms with Gasteiger partial charge in [0.05, 0.1) is 24.3 Å². The largest absolute Gasteiger partial charge is 0.375 e. The standard InChI is InChI=1S/C14H22N4OS/c1-3-20-13-8-12(4-5-16-13)9-17-14(15)18-6-7-19-11(2)10-18/h4-5,8,11H,3,6-7,9-10H2,1-2H3,(H2,15,17). The number of hydrogen-bond donors (Lipinski definition) is 1. The smallest absolute Gasteiger partial charge is 0.191 e. The topological polar surface area (TPSA) is 63.7 Å². The van der Waals surface area contributed by atoms with E-state index in [0.29, 0.717) is 19.1 Å². The molecule has 2 N–H and O–H groups in total. The van der Waals surface area contributed by atoms with Crippen molar-refractivity contribution >= 4 is 17.7 Å². The molecule has 110 valence electrons. The number of morpholine rings is 1. The summed E-state index contributed by atoms with van der Waals surface area (Å²) in [7, 11) is 0. The number of aliphatic imine (C=N–C) groups is 1. The summed E-state index contributed by atoms with van der Waals surface area (Å²) < 4.78 is 5.50. The number of nitrogens with zero attached hydrogens (tertiary/aromatic N) is 3. The van der Waals surface area contributed by atoms with E-state index in [2.05, 4.69) is 34.8 Å². The van der Waals surface area contributed by atoms with Gasteiger partial charge in [-0.15, -0.1) is 11.8 Å². The first-order chi connectivity index (χ1) is 9.69. The molecule has 0 aromatic carbocycles. The van der Waals surface area contributed by atoms with Crippen LogP contribution < -0.4 is 5.73 Å². The van der Waals surface area contributed by atoms with E-state index in [1.807, 2.05) is 12.3 Å². The van der Waals surface area contributed by atoms with Crippen molar-refractivity contribution < 1.29 is 4.74 Å². The molecule has 0 aliphatic carbocycles. The van der Waals surface area contributed by atoms with E-state index in [-0.39, 0.29) is 6.10 Å². The van der Waals surface area contributed by atoms with Crippen LogP contribution >= 0.6 is 11.8 Å². The Hall–Kier alpha value is -1.27. The van der Waals surface area contributed by atoms with E-state index in [4.69, 9.17) is 10.5 Å². The zero-order valence-corrected chi connectivity index (χ0v) is 12.9. The van der Waals surface area contributed by atoms with E-state index < -0.39 is 0 Å². The van der Waals surface area contributed by atoms with Crippen molar-refractivity contribution in [2.75, 3.05) is 25.4 Å². The van der Waals surface area contributed by atoms with Crippen molar-refractivity contribution in [3.05, 3.63) is 23.9 Å². The first kappa shape index (κ1) is 15.1. The van der Waals surface area contributed by atoms with E-state index in [1.165, 1.54) is 0 Å². The molecule has 0 amide bonds. The van der Waals surface area contributed by atoms with Gasteiger partial charge < -0.3 is 15.4 Å². The molecule has 0 radical (unpaired) electrons. The van der Waals surface area contributed by atoms with E-state index in [1.54, 1.807) is 11.8 Å². The lowest BCUT2D eigenvalue weighted by Crippen LogP contribution is -2.47. The number of hydrogen-bond acceptors (Lipinski definition) is 4. The third-order valence-corrected chi connectivity index (χ3v) is 3.89. The third kappa shape index (κ3) is 4.38. The van der Waals surface area contributed by atoms with Gasteiger partial charge in [0.25, 0.3) is 0 Å². The Morgan fingerprint density at radius 3 is 3.25 bits per heavy atom. The Morgan fingerprint density at radius 1 is 1.65 bits per heavy atom. The van der Waals surface area contributed by atoms with Crippen molar-refractivity contribution in [3.63, 3.8) is 0 Å². The molecule has 6 heteroatoms. The molecular formula is C14H22N4OS. The number of thioether (sulfide) groups is 1. The molecule has 1 aromatic rings. The van der Waals surface area contributed by atoms with Gasteiger partial charge >= 0.3 is 0 Å². The van der Waals surface area contributed by atoms with Crippen LogP contribution in [0, 0.1) is 0 Å². The molecule has 0 bridgehead atoms. The van der Waals surface area contributed by atoms with Crippen molar-refractivity contribution in [2.45, 2.75) is 31.5 Å². The normalized spacial score (nSPS) is 20.2. The van der Waals surface area contributed by atoms with Crippen LogP contribution in [-0.2, 0) is 11.3 Å². The molecule has 1 saturated heterocycles. The van der Waals surface area contributed by atoms with Crippen molar-refractivity contribution in [1.82, 2.24) is 9.88 Å². The fourth-order valence-electron chi connectivity index (χ4n) is 2.07. The fourth-order valence-corrected chi connectivity index (χ4v) is 2.74. The molecule has 1 atom stereocenters. The predicted molar refractivity (Wildman–Crippen MR) is 82.9 cm³/mol. The Labute approximate surface area is 124 Å². The second-order valence-corrected chi connectivity index (χ2v) is 6.02. The summed E-state index contributed by atoms with van der Waals surface area (Å²) in [5.41, 5.74) is 7.19. The molecule has 0 spiro atoms. The molecule has 20 heavy (non-hydrogen) atoms. The molecular weight excluding hydrogens is 272 g/mol. The second-order valence-electron chi connectivity index (χ2n) is 4.74. The van der Waals surface area contributed by atoms with Crippen LogP contribution in [0.3, 0.4) is 0 Å². The highest BCUT2D eigenvalue weighted by Crippen LogP contribution is 2.16. The maximum absolute atomic E-state index is 6.05. The van der Waals surface area contributed by atoms with Gasteiger partial charge in [0.2, 0.25) is 0 Å². The first-order valence-corrected chi connectivity index (χ1v) is 7.91. The van der Waals surface area contributed by atoms with Crippen LogP contribution in [0.1, 0.15) is 19.4 Å². The van der Waals surface area contributed by atoms with Gasteiger partial charge in [-0.25, -0.2) is 9.98 Å². The molecule has 2 rings (SSSR count). The maximum atomic E-state index is 6.05. The third-order valence-electron chi connectivity index (χ3n) is 3.08. The molecule has 1 aliphatic rings. The lowest BCUT2D eigenvalue weighted by atomic mass is 10.3. The van der Waals surface area contributed by atoms with Gasteiger partial charge in [-0.3, -0.25) is 0 Å². The summed E-state index contributed by atoms with van der Waals surface area (Å²) in [6.07, 6.45) is 2.04. The van der Waals surface area contributed by atoms with E-state index >= 15 is 0 Å². The molecule has 0 saturated carbocycles. The van der Waals surface area contributed by atoms with Crippen molar-refractivity contribution in [3.8, 4) is 0 Å². The summed E-state index contributed by atoms with van der Waals surface area (Å²) in [4.78, 5) is 10.9. The monoisotopic (exact) mass is 294 g/mol. The minimum Gasteiger partial charge on any atom is -0.375 e. The Morgan fingerprint density at radius 2 is 2.50 bits per heavy atom. The number of aromatic nitrogens is 1. The van der Waals surface area contributed by atoms with Crippen LogP contribution in [0.4, 0.5) is 0 Å². The van der Waals surface area contributed by atoms with E-state index in [9.17, 15) is 0 Å². The van der Waals surface area contributed by atoms with Crippen molar-refractivity contribution in [1.29, 1.82) is 0 Å². The number of guanidine groups is 1. The van der Waals surface area contributed by atoms with Gasteiger partial charge in [-0.1, -0.05) is 6.92 Å². The molecule has 1 aromatic heterocycles. The van der Waals surface area contributed by atoms with Crippen LogP contribution in [0.2, 0.25) is 0 Å². The Kier molecular flexibility index (Phi) is 5.67. The highest BCUT2D eigenvalue weighted by atomic mass is 32.2. The highest BCUT2D eigenvalue weighted by Gasteiger charge is 2.17. The average molecular weight is 294 g/mol. The van der Waals surface area contributed by atoms with Crippen LogP contribution in [-0.4, -0.2) is 47.4 Å². The molecule has 2 heterocycles.